The average Bonchev–Trinajstić information content (AvgIpc) is 2.62. The van der Waals surface area contributed by atoms with Crippen LogP contribution < -0.4 is 0 Å². The first kappa shape index (κ1) is 19.2. The standard InChI is InChI=1S/C21H27F3O2/c1-14-2-4-15(5-3-14)16-6-8-17(9-7-16)20(25)26-19-12-10-18(11-13-19)21(22,23)24/h6-9,14-15,18-19H,2-5,10-13H2,1H3. The van der Waals surface area contributed by atoms with E-state index in [0.29, 0.717) is 11.5 Å². The molecule has 2 saturated carbocycles. The van der Waals surface area contributed by atoms with Gasteiger partial charge in [0.05, 0.1) is 11.5 Å². The van der Waals surface area contributed by atoms with Crippen LogP contribution >= 0.6 is 0 Å². The summed E-state index contributed by atoms with van der Waals surface area (Å²) in [5, 5.41) is 0. The van der Waals surface area contributed by atoms with Crippen LogP contribution in [0, 0.1) is 11.8 Å². The predicted molar refractivity (Wildman–Crippen MR) is 94.0 cm³/mol. The van der Waals surface area contributed by atoms with Gasteiger partial charge in [0.1, 0.15) is 6.10 Å². The van der Waals surface area contributed by atoms with Gasteiger partial charge in [-0.15, -0.1) is 0 Å². The van der Waals surface area contributed by atoms with Gasteiger partial charge >= 0.3 is 12.1 Å². The molecular formula is C21H27F3O2. The van der Waals surface area contributed by atoms with E-state index in [1.165, 1.54) is 31.2 Å². The predicted octanol–water partition coefficient (Wildman–Crippen LogP) is 6.26. The van der Waals surface area contributed by atoms with E-state index in [2.05, 4.69) is 6.92 Å². The highest BCUT2D eigenvalue weighted by atomic mass is 19.4. The third-order valence-electron chi connectivity index (χ3n) is 6.04. The normalized spacial score (nSPS) is 30.0. The van der Waals surface area contributed by atoms with E-state index in [9.17, 15) is 18.0 Å². The second kappa shape index (κ2) is 8.01. The van der Waals surface area contributed by atoms with Crippen molar-refractivity contribution in [3.8, 4) is 0 Å². The molecule has 0 spiro atoms. The second-order valence-electron chi connectivity index (χ2n) is 8.00. The van der Waals surface area contributed by atoms with Gasteiger partial charge in [0.25, 0.3) is 0 Å². The Morgan fingerprint density at radius 2 is 1.50 bits per heavy atom. The SMILES string of the molecule is CC1CCC(c2ccc(C(=O)OC3CCC(C(F)(F)F)CC3)cc2)CC1. The van der Waals surface area contributed by atoms with Gasteiger partial charge in [0, 0.05) is 0 Å². The number of carbonyl (C=O) groups is 1. The number of halogens is 3. The summed E-state index contributed by atoms with van der Waals surface area (Å²) in [4.78, 5) is 12.3. The summed E-state index contributed by atoms with van der Waals surface area (Å²) in [7, 11) is 0. The van der Waals surface area contributed by atoms with Gasteiger partial charge in [-0.25, -0.2) is 4.79 Å². The van der Waals surface area contributed by atoms with E-state index < -0.39 is 24.2 Å². The first-order valence-corrected chi connectivity index (χ1v) is 9.70. The van der Waals surface area contributed by atoms with E-state index >= 15 is 0 Å². The molecule has 0 saturated heterocycles. The van der Waals surface area contributed by atoms with Gasteiger partial charge in [-0.1, -0.05) is 31.9 Å². The number of esters is 1. The summed E-state index contributed by atoms with van der Waals surface area (Å²) in [6, 6.07) is 7.57. The lowest BCUT2D eigenvalue weighted by molar-refractivity contribution is -0.185. The summed E-state index contributed by atoms with van der Waals surface area (Å²) in [5.74, 6) is -0.318. The Hall–Kier alpha value is -1.52. The number of hydrogen-bond acceptors (Lipinski definition) is 2. The minimum atomic E-state index is -4.14. The van der Waals surface area contributed by atoms with E-state index in [4.69, 9.17) is 4.74 Å². The third-order valence-corrected chi connectivity index (χ3v) is 6.04. The monoisotopic (exact) mass is 368 g/mol. The van der Waals surface area contributed by atoms with Crippen molar-refractivity contribution in [2.45, 2.75) is 76.5 Å². The molecule has 0 unspecified atom stereocenters. The van der Waals surface area contributed by atoms with Gasteiger partial charge in [-0.05, 0) is 68.1 Å². The van der Waals surface area contributed by atoms with Gasteiger partial charge < -0.3 is 4.74 Å². The van der Waals surface area contributed by atoms with Crippen LogP contribution in [-0.4, -0.2) is 18.2 Å². The quantitative estimate of drug-likeness (QED) is 0.589. The number of alkyl halides is 3. The summed E-state index contributed by atoms with van der Waals surface area (Å²) in [6.45, 7) is 2.29. The van der Waals surface area contributed by atoms with Gasteiger partial charge in [0.15, 0.2) is 0 Å². The third kappa shape index (κ3) is 4.80. The van der Waals surface area contributed by atoms with Crippen LogP contribution in [0.4, 0.5) is 13.2 Å². The molecule has 0 N–H and O–H groups in total. The van der Waals surface area contributed by atoms with Crippen molar-refractivity contribution in [3.63, 3.8) is 0 Å². The number of hydrogen-bond donors (Lipinski definition) is 0. The summed E-state index contributed by atoms with van der Waals surface area (Å²) in [6.07, 6.45) is 0.983. The molecule has 0 aromatic heterocycles. The first-order valence-electron chi connectivity index (χ1n) is 9.70. The molecule has 0 radical (unpaired) electrons. The molecule has 0 heterocycles. The molecule has 0 aliphatic heterocycles. The van der Waals surface area contributed by atoms with Crippen LogP contribution in [-0.2, 0) is 4.74 Å². The van der Waals surface area contributed by atoms with Gasteiger partial charge in [-0.3, -0.25) is 0 Å². The van der Waals surface area contributed by atoms with Crippen LogP contribution in [0.2, 0.25) is 0 Å². The zero-order valence-corrected chi connectivity index (χ0v) is 15.2. The topological polar surface area (TPSA) is 26.3 Å². The summed E-state index contributed by atoms with van der Waals surface area (Å²) >= 11 is 0. The highest BCUT2D eigenvalue weighted by Gasteiger charge is 2.42. The highest BCUT2D eigenvalue weighted by Crippen LogP contribution is 2.38. The molecule has 2 aliphatic carbocycles. The Labute approximate surface area is 153 Å². The van der Waals surface area contributed by atoms with Gasteiger partial charge in [0.2, 0.25) is 0 Å². The van der Waals surface area contributed by atoms with Crippen LogP contribution in [0.25, 0.3) is 0 Å². The summed E-state index contributed by atoms with van der Waals surface area (Å²) in [5.41, 5.74) is 1.75. The second-order valence-corrected chi connectivity index (χ2v) is 8.00. The van der Waals surface area contributed by atoms with E-state index in [0.717, 1.165) is 5.92 Å². The molecule has 2 nitrogen and oxygen atoms in total. The lowest BCUT2D eigenvalue weighted by Crippen LogP contribution is -2.31. The Morgan fingerprint density at radius 3 is 2.04 bits per heavy atom. The maximum Gasteiger partial charge on any atom is 0.391 e. The average molecular weight is 368 g/mol. The van der Waals surface area contributed by atoms with Crippen LogP contribution in [0.15, 0.2) is 24.3 Å². The lowest BCUT2D eigenvalue weighted by Gasteiger charge is -2.29. The van der Waals surface area contributed by atoms with Crippen molar-refractivity contribution in [1.29, 1.82) is 0 Å². The van der Waals surface area contributed by atoms with Crippen molar-refractivity contribution in [3.05, 3.63) is 35.4 Å². The molecule has 26 heavy (non-hydrogen) atoms. The first-order chi connectivity index (χ1) is 12.3. The van der Waals surface area contributed by atoms with Crippen molar-refractivity contribution >= 4 is 5.97 Å². The molecular weight excluding hydrogens is 341 g/mol. The fourth-order valence-electron chi connectivity index (χ4n) is 4.21. The lowest BCUT2D eigenvalue weighted by atomic mass is 9.79. The largest absolute Gasteiger partial charge is 0.459 e. The molecule has 0 atom stereocenters. The summed E-state index contributed by atoms with van der Waals surface area (Å²) < 4.78 is 43.5. The number of carbonyl (C=O) groups excluding carboxylic acids is 1. The fraction of sp³-hybridized carbons (Fsp3) is 0.667. The number of benzene rings is 1. The smallest absolute Gasteiger partial charge is 0.391 e. The molecule has 2 aliphatic rings. The Morgan fingerprint density at radius 1 is 0.923 bits per heavy atom. The van der Waals surface area contributed by atoms with Gasteiger partial charge in [-0.2, -0.15) is 13.2 Å². The number of ether oxygens (including phenoxy) is 1. The Bertz CT molecular complexity index is 593. The zero-order chi connectivity index (χ0) is 18.7. The minimum absolute atomic E-state index is 0.0421. The molecule has 0 bridgehead atoms. The van der Waals surface area contributed by atoms with Crippen LogP contribution in [0.1, 0.15) is 80.1 Å². The van der Waals surface area contributed by atoms with Crippen molar-refractivity contribution in [2.24, 2.45) is 11.8 Å². The van der Waals surface area contributed by atoms with Crippen molar-refractivity contribution in [2.75, 3.05) is 0 Å². The fourth-order valence-corrected chi connectivity index (χ4v) is 4.21. The molecule has 1 aromatic rings. The van der Waals surface area contributed by atoms with E-state index in [1.807, 2.05) is 12.1 Å². The van der Waals surface area contributed by atoms with Crippen LogP contribution in [0.3, 0.4) is 0 Å². The molecule has 144 valence electrons. The van der Waals surface area contributed by atoms with Crippen LogP contribution in [0.5, 0.6) is 0 Å². The molecule has 5 heteroatoms. The number of rotatable bonds is 3. The Balaban J connectivity index is 1.51. The molecule has 2 fully saturated rings. The molecule has 0 amide bonds. The maximum absolute atomic E-state index is 12.7. The van der Waals surface area contributed by atoms with Crippen molar-refractivity contribution < 1.29 is 22.7 Å². The zero-order valence-electron chi connectivity index (χ0n) is 15.2. The molecule has 3 rings (SSSR count). The van der Waals surface area contributed by atoms with E-state index in [-0.39, 0.29) is 25.7 Å². The molecule has 1 aromatic carbocycles. The Kier molecular flexibility index (Phi) is 5.93. The highest BCUT2D eigenvalue weighted by molar-refractivity contribution is 5.89. The minimum Gasteiger partial charge on any atom is -0.459 e. The van der Waals surface area contributed by atoms with Crippen molar-refractivity contribution in [1.82, 2.24) is 0 Å². The van der Waals surface area contributed by atoms with E-state index in [1.54, 1.807) is 12.1 Å². The maximum atomic E-state index is 12.7.